The Morgan fingerprint density at radius 2 is 1.83 bits per heavy atom. The van der Waals surface area contributed by atoms with E-state index in [1.54, 1.807) is 0 Å². The molecule has 134 valence electrons. The van der Waals surface area contributed by atoms with E-state index in [4.69, 9.17) is 0 Å². The van der Waals surface area contributed by atoms with Gasteiger partial charge in [0.05, 0.1) is 9.82 Å². The van der Waals surface area contributed by atoms with Crippen LogP contribution in [0.1, 0.15) is 32.6 Å². The predicted molar refractivity (Wildman–Crippen MR) is 92.4 cm³/mol. The maximum atomic E-state index is 12.7. The SMILES string of the molecule is CCCCCCN1CCN(S(=O)(=O)c2cccc([N+](=O)[O-])c2)CC1. The molecular weight excluding hydrogens is 330 g/mol. The molecule has 8 heteroatoms. The number of nitro groups is 1. The molecule has 7 nitrogen and oxygen atoms in total. The van der Waals surface area contributed by atoms with Crippen LogP contribution in [-0.4, -0.2) is 55.3 Å². The summed E-state index contributed by atoms with van der Waals surface area (Å²) in [5, 5.41) is 10.8. The summed E-state index contributed by atoms with van der Waals surface area (Å²) in [6.45, 7) is 5.46. The molecule has 0 aliphatic carbocycles. The smallest absolute Gasteiger partial charge is 0.270 e. The average molecular weight is 355 g/mol. The molecule has 0 bridgehead atoms. The van der Waals surface area contributed by atoms with Crippen LogP contribution < -0.4 is 0 Å². The molecule has 1 fully saturated rings. The Hall–Kier alpha value is -1.51. The van der Waals surface area contributed by atoms with Crippen molar-refractivity contribution in [3.05, 3.63) is 34.4 Å². The van der Waals surface area contributed by atoms with E-state index >= 15 is 0 Å². The Kier molecular flexibility index (Phi) is 6.70. The van der Waals surface area contributed by atoms with Crippen LogP contribution in [0.4, 0.5) is 5.69 Å². The van der Waals surface area contributed by atoms with Crippen molar-refractivity contribution in [2.24, 2.45) is 0 Å². The molecular formula is C16H25N3O4S. The van der Waals surface area contributed by atoms with E-state index in [0.29, 0.717) is 26.2 Å². The van der Waals surface area contributed by atoms with E-state index in [2.05, 4.69) is 11.8 Å². The third kappa shape index (κ3) is 4.75. The van der Waals surface area contributed by atoms with Crippen molar-refractivity contribution < 1.29 is 13.3 Å². The van der Waals surface area contributed by atoms with Crippen molar-refractivity contribution in [3.63, 3.8) is 0 Å². The number of benzene rings is 1. The minimum Gasteiger partial charge on any atom is -0.301 e. The Labute approximate surface area is 143 Å². The molecule has 1 saturated heterocycles. The summed E-state index contributed by atoms with van der Waals surface area (Å²) in [4.78, 5) is 12.5. The van der Waals surface area contributed by atoms with E-state index in [-0.39, 0.29) is 10.6 Å². The van der Waals surface area contributed by atoms with Crippen molar-refractivity contribution in [3.8, 4) is 0 Å². The van der Waals surface area contributed by atoms with Gasteiger partial charge in [0.25, 0.3) is 5.69 Å². The number of piperazine rings is 1. The maximum Gasteiger partial charge on any atom is 0.270 e. The molecule has 0 saturated carbocycles. The third-order valence-corrected chi connectivity index (χ3v) is 6.22. The van der Waals surface area contributed by atoms with Crippen molar-refractivity contribution in [2.75, 3.05) is 32.7 Å². The number of rotatable bonds is 8. The molecule has 2 rings (SSSR count). The second-order valence-electron chi connectivity index (χ2n) is 6.06. The highest BCUT2D eigenvalue weighted by Gasteiger charge is 2.29. The molecule has 0 unspecified atom stereocenters. The largest absolute Gasteiger partial charge is 0.301 e. The summed E-state index contributed by atoms with van der Waals surface area (Å²) in [7, 11) is -3.67. The molecule has 0 atom stereocenters. The number of hydrogen-bond acceptors (Lipinski definition) is 5. The molecule has 1 aromatic carbocycles. The zero-order valence-corrected chi connectivity index (χ0v) is 14.9. The first-order chi connectivity index (χ1) is 11.4. The zero-order chi connectivity index (χ0) is 17.6. The van der Waals surface area contributed by atoms with Gasteiger partial charge in [-0.15, -0.1) is 0 Å². The van der Waals surface area contributed by atoms with Crippen molar-refractivity contribution in [1.82, 2.24) is 9.21 Å². The Morgan fingerprint density at radius 1 is 1.12 bits per heavy atom. The van der Waals surface area contributed by atoms with Crippen LogP contribution in [0.2, 0.25) is 0 Å². The number of unbranched alkanes of at least 4 members (excludes halogenated alkanes) is 3. The van der Waals surface area contributed by atoms with Crippen LogP contribution in [-0.2, 0) is 10.0 Å². The van der Waals surface area contributed by atoms with Crippen LogP contribution in [0, 0.1) is 10.1 Å². The summed E-state index contributed by atoms with van der Waals surface area (Å²) in [5.41, 5.74) is -0.203. The minimum atomic E-state index is -3.67. The molecule has 0 N–H and O–H groups in total. The Bertz CT molecular complexity index is 655. The summed E-state index contributed by atoms with van der Waals surface area (Å²) in [6.07, 6.45) is 4.80. The lowest BCUT2D eigenvalue weighted by Gasteiger charge is -2.33. The van der Waals surface area contributed by atoms with Gasteiger partial charge in [-0.1, -0.05) is 32.3 Å². The molecule has 0 spiro atoms. The Balaban J connectivity index is 1.95. The van der Waals surface area contributed by atoms with Crippen LogP contribution in [0.25, 0.3) is 0 Å². The molecule has 0 amide bonds. The van der Waals surface area contributed by atoms with E-state index in [0.717, 1.165) is 19.0 Å². The molecule has 24 heavy (non-hydrogen) atoms. The lowest BCUT2D eigenvalue weighted by Crippen LogP contribution is -2.48. The highest BCUT2D eigenvalue weighted by molar-refractivity contribution is 7.89. The van der Waals surface area contributed by atoms with Gasteiger partial charge in [-0.3, -0.25) is 10.1 Å². The average Bonchev–Trinajstić information content (AvgIpc) is 2.59. The van der Waals surface area contributed by atoms with Gasteiger partial charge in [0.2, 0.25) is 10.0 Å². The zero-order valence-electron chi connectivity index (χ0n) is 14.1. The fraction of sp³-hybridized carbons (Fsp3) is 0.625. The number of nitro benzene ring substituents is 1. The predicted octanol–water partition coefficient (Wildman–Crippen LogP) is 2.48. The first-order valence-corrected chi connectivity index (χ1v) is 9.86. The molecule has 1 aliphatic heterocycles. The molecule has 0 radical (unpaired) electrons. The standard InChI is InChI=1S/C16H25N3O4S/c1-2-3-4-5-9-17-10-12-18(13-11-17)24(22,23)16-8-6-7-15(14-16)19(20)21/h6-8,14H,2-5,9-13H2,1H3. The van der Waals surface area contributed by atoms with Crippen LogP contribution in [0.15, 0.2) is 29.2 Å². The fourth-order valence-corrected chi connectivity index (χ4v) is 4.32. The molecule has 1 aliphatic rings. The fourth-order valence-electron chi connectivity index (χ4n) is 2.86. The number of non-ortho nitro benzene ring substituents is 1. The first kappa shape index (κ1) is 18.8. The van der Waals surface area contributed by atoms with Gasteiger partial charge in [-0.05, 0) is 19.0 Å². The van der Waals surface area contributed by atoms with Crippen molar-refractivity contribution >= 4 is 15.7 Å². The van der Waals surface area contributed by atoms with E-state index in [1.165, 1.54) is 41.8 Å². The molecule has 1 heterocycles. The Morgan fingerprint density at radius 3 is 2.46 bits per heavy atom. The van der Waals surface area contributed by atoms with Gasteiger partial charge in [-0.25, -0.2) is 8.42 Å². The highest BCUT2D eigenvalue weighted by Crippen LogP contribution is 2.22. The number of sulfonamides is 1. The lowest BCUT2D eigenvalue weighted by molar-refractivity contribution is -0.385. The van der Waals surface area contributed by atoms with Crippen LogP contribution in [0.5, 0.6) is 0 Å². The summed E-state index contributed by atoms with van der Waals surface area (Å²) < 4.78 is 26.7. The van der Waals surface area contributed by atoms with Crippen LogP contribution >= 0.6 is 0 Å². The van der Waals surface area contributed by atoms with E-state index in [9.17, 15) is 18.5 Å². The third-order valence-electron chi connectivity index (χ3n) is 4.33. The number of nitrogens with zero attached hydrogens (tertiary/aromatic N) is 3. The monoisotopic (exact) mass is 355 g/mol. The number of hydrogen-bond donors (Lipinski definition) is 0. The summed E-state index contributed by atoms with van der Waals surface area (Å²) >= 11 is 0. The van der Waals surface area contributed by atoms with Gasteiger partial charge in [0, 0.05) is 38.3 Å². The van der Waals surface area contributed by atoms with Crippen molar-refractivity contribution in [1.29, 1.82) is 0 Å². The summed E-state index contributed by atoms with van der Waals surface area (Å²) in [5.74, 6) is 0. The minimum absolute atomic E-state index is 0.00639. The van der Waals surface area contributed by atoms with Crippen LogP contribution in [0.3, 0.4) is 0 Å². The summed E-state index contributed by atoms with van der Waals surface area (Å²) in [6, 6.07) is 5.26. The lowest BCUT2D eigenvalue weighted by atomic mass is 10.2. The maximum absolute atomic E-state index is 12.7. The van der Waals surface area contributed by atoms with Gasteiger partial charge in [0.15, 0.2) is 0 Å². The van der Waals surface area contributed by atoms with Gasteiger partial charge in [0.1, 0.15) is 0 Å². The van der Waals surface area contributed by atoms with Gasteiger partial charge >= 0.3 is 0 Å². The van der Waals surface area contributed by atoms with Crippen molar-refractivity contribution in [2.45, 2.75) is 37.5 Å². The van der Waals surface area contributed by atoms with E-state index < -0.39 is 14.9 Å². The molecule has 0 aromatic heterocycles. The van der Waals surface area contributed by atoms with E-state index in [1.807, 2.05) is 0 Å². The first-order valence-electron chi connectivity index (χ1n) is 8.42. The second kappa shape index (κ2) is 8.55. The molecule has 1 aromatic rings. The second-order valence-corrected chi connectivity index (χ2v) is 8.00. The van der Waals surface area contributed by atoms with Gasteiger partial charge < -0.3 is 4.90 Å². The topological polar surface area (TPSA) is 83.8 Å². The quantitative estimate of drug-likeness (QED) is 0.406. The van der Waals surface area contributed by atoms with Gasteiger partial charge in [-0.2, -0.15) is 4.31 Å². The normalized spacial score (nSPS) is 17.0. The highest BCUT2D eigenvalue weighted by atomic mass is 32.2.